The smallest absolute Gasteiger partial charge is 0.0659 e. The van der Waals surface area contributed by atoms with Crippen LogP contribution < -0.4 is 0 Å². The molecule has 1 heterocycles. The summed E-state index contributed by atoms with van der Waals surface area (Å²) in [5.74, 6) is 1.83. The van der Waals surface area contributed by atoms with Crippen molar-refractivity contribution in [2.24, 2.45) is 13.0 Å². The van der Waals surface area contributed by atoms with Gasteiger partial charge >= 0.3 is 0 Å². The minimum Gasteiger partial charge on any atom is -0.272 e. The minimum absolute atomic E-state index is 0.560. The van der Waals surface area contributed by atoms with E-state index in [0.29, 0.717) is 17.4 Å². The summed E-state index contributed by atoms with van der Waals surface area (Å²) in [5.41, 5.74) is 3.50. The van der Waals surface area contributed by atoms with Crippen molar-refractivity contribution in [2.75, 3.05) is 0 Å². The Bertz CT molecular complexity index is 572. The maximum atomic E-state index is 12.2. The van der Waals surface area contributed by atoms with Crippen molar-refractivity contribution < 1.29 is 4.21 Å². The molecular formula is C16H22N2OS. The van der Waals surface area contributed by atoms with E-state index >= 15 is 0 Å². The number of aryl methyl sites for hydroxylation is 1. The van der Waals surface area contributed by atoms with Gasteiger partial charge in [0, 0.05) is 29.8 Å². The molecule has 20 heavy (non-hydrogen) atoms. The van der Waals surface area contributed by atoms with Gasteiger partial charge in [0.2, 0.25) is 0 Å². The molecule has 0 aliphatic rings. The number of benzene rings is 1. The van der Waals surface area contributed by atoms with Crippen molar-refractivity contribution in [3.63, 3.8) is 0 Å². The SMILES string of the molecule is CC(C)Cc1ccc(C[S@](=O)Cc2ccnn2C)cc1. The molecule has 2 aromatic rings. The van der Waals surface area contributed by atoms with Crippen molar-refractivity contribution in [3.05, 3.63) is 53.3 Å². The van der Waals surface area contributed by atoms with E-state index in [1.165, 1.54) is 5.56 Å². The van der Waals surface area contributed by atoms with Crippen LogP contribution in [0.5, 0.6) is 0 Å². The third-order valence-corrected chi connectivity index (χ3v) is 4.50. The molecule has 0 saturated carbocycles. The van der Waals surface area contributed by atoms with Crippen LogP contribution in [0.4, 0.5) is 0 Å². The molecule has 1 aromatic carbocycles. The van der Waals surface area contributed by atoms with Crippen molar-refractivity contribution in [1.82, 2.24) is 9.78 Å². The predicted molar refractivity (Wildman–Crippen MR) is 83.7 cm³/mol. The molecule has 0 saturated heterocycles. The van der Waals surface area contributed by atoms with E-state index in [0.717, 1.165) is 17.7 Å². The first-order valence-electron chi connectivity index (χ1n) is 6.94. The second-order valence-corrected chi connectivity index (χ2v) is 7.05. The van der Waals surface area contributed by atoms with Crippen molar-refractivity contribution in [2.45, 2.75) is 31.8 Å². The van der Waals surface area contributed by atoms with Crippen LogP contribution in [0.25, 0.3) is 0 Å². The van der Waals surface area contributed by atoms with Crippen LogP contribution in [0.2, 0.25) is 0 Å². The molecule has 4 heteroatoms. The number of nitrogens with zero attached hydrogens (tertiary/aromatic N) is 2. The van der Waals surface area contributed by atoms with Gasteiger partial charge in [-0.25, -0.2) is 0 Å². The standard InChI is InChI=1S/C16H22N2OS/c1-13(2)10-14-4-6-15(7-5-14)11-20(19)12-16-8-9-17-18(16)3/h4-9,13H,10-12H2,1-3H3/t20-/m0/s1. The lowest BCUT2D eigenvalue weighted by atomic mass is 10.0. The highest BCUT2D eigenvalue weighted by atomic mass is 32.2. The maximum absolute atomic E-state index is 12.2. The third-order valence-electron chi connectivity index (χ3n) is 3.23. The van der Waals surface area contributed by atoms with E-state index in [2.05, 4.69) is 43.2 Å². The third kappa shape index (κ3) is 4.30. The predicted octanol–water partition coefficient (Wildman–Crippen LogP) is 3.07. The van der Waals surface area contributed by atoms with E-state index in [-0.39, 0.29) is 0 Å². The highest BCUT2D eigenvalue weighted by molar-refractivity contribution is 7.83. The van der Waals surface area contributed by atoms with Gasteiger partial charge in [-0.2, -0.15) is 5.10 Å². The zero-order valence-electron chi connectivity index (χ0n) is 12.4. The Hall–Kier alpha value is -1.42. The van der Waals surface area contributed by atoms with Crippen molar-refractivity contribution in [3.8, 4) is 0 Å². The second kappa shape index (κ2) is 6.84. The Morgan fingerprint density at radius 2 is 1.75 bits per heavy atom. The molecule has 0 radical (unpaired) electrons. The molecule has 0 fully saturated rings. The van der Waals surface area contributed by atoms with Crippen LogP contribution in [0.3, 0.4) is 0 Å². The van der Waals surface area contributed by atoms with Gasteiger partial charge in [0.25, 0.3) is 0 Å². The summed E-state index contributed by atoms with van der Waals surface area (Å²) in [6, 6.07) is 10.4. The average molecular weight is 290 g/mol. The largest absolute Gasteiger partial charge is 0.272 e. The summed E-state index contributed by atoms with van der Waals surface area (Å²) in [5, 5.41) is 4.10. The van der Waals surface area contributed by atoms with Crippen LogP contribution in [0.15, 0.2) is 36.5 Å². The second-order valence-electron chi connectivity index (χ2n) is 5.59. The van der Waals surface area contributed by atoms with Crippen LogP contribution in [0, 0.1) is 5.92 Å². The van der Waals surface area contributed by atoms with Gasteiger partial charge in [-0.1, -0.05) is 38.1 Å². The van der Waals surface area contributed by atoms with E-state index in [1.54, 1.807) is 10.9 Å². The number of hydrogen-bond donors (Lipinski definition) is 0. The highest BCUT2D eigenvalue weighted by Crippen LogP contribution is 2.12. The first-order valence-corrected chi connectivity index (χ1v) is 8.43. The fourth-order valence-corrected chi connectivity index (χ4v) is 3.47. The quantitative estimate of drug-likeness (QED) is 0.819. The highest BCUT2D eigenvalue weighted by Gasteiger charge is 2.07. The van der Waals surface area contributed by atoms with Crippen LogP contribution in [0.1, 0.15) is 30.7 Å². The summed E-state index contributed by atoms with van der Waals surface area (Å²) >= 11 is 0. The van der Waals surface area contributed by atoms with Gasteiger partial charge < -0.3 is 0 Å². The van der Waals surface area contributed by atoms with Gasteiger partial charge in [0.05, 0.1) is 11.4 Å². The Kier molecular flexibility index (Phi) is 5.12. The monoisotopic (exact) mass is 290 g/mol. The first kappa shape index (κ1) is 15.0. The summed E-state index contributed by atoms with van der Waals surface area (Å²) < 4.78 is 13.9. The van der Waals surface area contributed by atoms with Gasteiger partial charge in [-0.05, 0) is 29.5 Å². The molecule has 2 rings (SSSR count). The van der Waals surface area contributed by atoms with Crippen LogP contribution >= 0.6 is 0 Å². The van der Waals surface area contributed by atoms with Crippen LogP contribution in [-0.4, -0.2) is 14.0 Å². The molecule has 0 bridgehead atoms. The summed E-state index contributed by atoms with van der Waals surface area (Å²) in [6.07, 6.45) is 2.84. The minimum atomic E-state index is -0.889. The van der Waals surface area contributed by atoms with Gasteiger partial charge in [0.1, 0.15) is 0 Å². The molecule has 3 nitrogen and oxygen atoms in total. The molecule has 0 N–H and O–H groups in total. The van der Waals surface area contributed by atoms with Gasteiger partial charge in [-0.15, -0.1) is 0 Å². The van der Waals surface area contributed by atoms with E-state index in [4.69, 9.17) is 0 Å². The average Bonchev–Trinajstić information content (AvgIpc) is 2.77. The lowest BCUT2D eigenvalue weighted by Gasteiger charge is -2.07. The summed E-state index contributed by atoms with van der Waals surface area (Å²) in [6.45, 7) is 4.44. The fourth-order valence-electron chi connectivity index (χ4n) is 2.19. The van der Waals surface area contributed by atoms with Crippen LogP contribution in [-0.2, 0) is 35.8 Å². The summed E-state index contributed by atoms with van der Waals surface area (Å²) in [4.78, 5) is 0. The van der Waals surface area contributed by atoms with Crippen molar-refractivity contribution in [1.29, 1.82) is 0 Å². The normalized spacial score (nSPS) is 12.8. The van der Waals surface area contributed by atoms with E-state index in [9.17, 15) is 4.21 Å². The summed E-state index contributed by atoms with van der Waals surface area (Å²) in [7, 11) is 0.993. The molecule has 0 amide bonds. The lowest BCUT2D eigenvalue weighted by Crippen LogP contribution is -2.04. The first-order chi connectivity index (χ1) is 9.54. The van der Waals surface area contributed by atoms with Crippen molar-refractivity contribution >= 4 is 10.8 Å². The Labute approximate surface area is 123 Å². The zero-order valence-corrected chi connectivity index (χ0v) is 13.2. The number of aromatic nitrogens is 2. The Balaban J connectivity index is 1.93. The molecule has 0 unspecified atom stereocenters. The molecule has 0 aliphatic carbocycles. The number of hydrogen-bond acceptors (Lipinski definition) is 2. The molecule has 0 aliphatic heterocycles. The molecular weight excluding hydrogens is 268 g/mol. The Morgan fingerprint density at radius 3 is 2.30 bits per heavy atom. The molecule has 1 atom stereocenters. The molecule has 108 valence electrons. The Morgan fingerprint density at radius 1 is 1.10 bits per heavy atom. The fraction of sp³-hybridized carbons (Fsp3) is 0.438. The van der Waals surface area contributed by atoms with E-state index in [1.807, 2.05) is 13.1 Å². The number of rotatable bonds is 6. The molecule has 0 spiro atoms. The zero-order chi connectivity index (χ0) is 14.5. The maximum Gasteiger partial charge on any atom is 0.0659 e. The molecule has 1 aromatic heterocycles. The topological polar surface area (TPSA) is 34.9 Å². The van der Waals surface area contributed by atoms with Gasteiger partial charge in [0.15, 0.2) is 0 Å². The van der Waals surface area contributed by atoms with E-state index < -0.39 is 10.8 Å². The lowest BCUT2D eigenvalue weighted by molar-refractivity contribution is 0.647. The van der Waals surface area contributed by atoms with Gasteiger partial charge in [-0.3, -0.25) is 8.89 Å².